The van der Waals surface area contributed by atoms with Crippen molar-refractivity contribution in [3.63, 3.8) is 0 Å². The van der Waals surface area contributed by atoms with E-state index in [1.165, 1.54) is 17.7 Å². The van der Waals surface area contributed by atoms with Gasteiger partial charge >= 0.3 is 6.61 Å². The van der Waals surface area contributed by atoms with Gasteiger partial charge < -0.3 is 10.1 Å². The number of halogens is 2. The molecule has 30 heavy (non-hydrogen) atoms. The lowest BCUT2D eigenvalue weighted by atomic mass is 10.1. The second kappa shape index (κ2) is 10.5. The number of likely N-dealkylation sites (N-methyl/N-ethyl adjacent to an activating group) is 1. The van der Waals surface area contributed by atoms with Crippen LogP contribution < -0.4 is 10.1 Å². The van der Waals surface area contributed by atoms with E-state index in [0.717, 1.165) is 26.1 Å². The molecule has 2 aromatic carbocycles. The fraction of sp³-hybridized carbons (Fsp3) is 0.435. The Morgan fingerprint density at radius 1 is 1.20 bits per heavy atom. The predicted molar refractivity (Wildman–Crippen MR) is 114 cm³/mol. The summed E-state index contributed by atoms with van der Waals surface area (Å²) in [5.74, 6) is -0.0503. The molecule has 1 aliphatic rings. The van der Waals surface area contributed by atoms with E-state index < -0.39 is 6.61 Å². The van der Waals surface area contributed by atoms with Crippen molar-refractivity contribution >= 4 is 11.6 Å². The Kier molecular flexibility index (Phi) is 7.76. The Morgan fingerprint density at radius 2 is 1.90 bits per heavy atom. The van der Waals surface area contributed by atoms with Gasteiger partial charge in [0, 0.05) is 30.9 Å². The molecule has 2 atom stereocenters. The van der Waals surface area contributed by atoms with Crippen molar-refractivity contribution in [1.29, 1.82) is 0 Å². The summed E-state index contributed by atoms with van der Waals surface area (Å²) in [4.78, 5) is 17.2. The Labute approximate surface area is 176 Å². The summed E-state index contributed by atoms with van der Waals surface area (Å²) in [6.07, 6.45) is 1.03. The van der Waals surface area contributed by atoms with Gasteiger partial charge in [0.25, 0.3) is 0 Å². The zero-order valence-corrected chi connectivity index (χ0v) is 17.4. The molecule has 162 valence electrons. The molecule has 3 rings (SSSR count). The Bertz CT molecular complexity index is 802. The number of rotatable bonds is 9. The second-order valence-electron chi connectivity index (χ2n) is 7.54. The van der Waals surface area contributed by atoms with Crippen LogP contribution in [0.2, 0.25) is 0 Å². The molecule has 1 saturated heterocycles. The number of amides is 1. The molecule has 1 N–H and O–H groups in total. The van der Waals surface area contributed by atoms with Gasteiger partial charge in [0.05, 0.1) is 6.54 Å². The SMILES string of the molecule is CCN(CC(=O)Nc1ccc(OC(F)F)cc1)[C@H]1CCN([C@H](C)c2ccccc2)C1. The van der Waals surface area contributed by atoms with Crippen molar-refractivity contribution in [2.24, 2.45) is 0 Å². The summed E-state index contributed by atoms with van der Waals surface area (Å²) < 4.78 is 28.8. The summed E-state index contributed by atoms with van der Waals surface area (Å²) >= 11 is 0. The topological polar surface area (TPSA) is 44.8 Å². The van der Waals surface area contributed by atoms with E-state index in [1.54, 1.807) is 12.1 Å². The average Bonchev–Trinajstić information content (AvgIpc) is 3.23. The summed E-state index contributed by atoms with van der Waals surface area (Å²) in [5, 5.41) is 2.83. The molecule has 1 heterocycles. The van der Waals surface area contributed by atoms with Crippen molar-refractivity contribution < 1.29 is 18.3 Å². The first-order chi connectivity index (χ1) is 14.5. The summed E-state index contributed by atoms with van der Waals surface area (Å²) in [6.45, 7) is 4.44. The molecule has 0 bridgehead atoms. The van der Waals surface area contributed by atoms with Crippen LogP contribution in [0.1, 0.15) is 31.9 Å². The molecule has 0 saturated carbocycles. The fourth-order valence-corrected chi connectivity index (χ4v) is 3.96. The first-order valence-electron chi connectivity index (χ1n) is 10.3. The number of carbonyl (C=O) groups is 1. The third-order valence-electron chi connectivity index (χ3n) is 5.66. The van der Waals surface area contributed by atoms with E-state index in [1.807, 2.05) is 6.07 Å². The fourth-order valence-electron chi connectivity index (χ4n) is 3.96. The minimum Gasteiger partial charge on any atom is -0.435 e. The van der Waals surface area contributed by atoms with Crippen LogP contribution in [-0.2, 0) is 4.79 Å². The van der Waals surface area contributed by atoms with Gasteiger partial charge in [-0.05, 0) is 49.7 Å². The molecule has 7 heteroatoms. The number of hydrogen-bond acceptors (Lipinski definition) is 4. The highest BCUT2D eigenvalue weighted by Gasteiger charge is 2.30. The van der Waals surface area contributed by atoms with Crippen LogP contribution in [0.4, 0.5) is 14.5 Å². The van der Waals surface area contributed by atoms with Crippen LogP contribution in [0.3, 0.4) is 0 Å². The molecule has 0 unspecified atom stereocenters. The number of carbonyl (C=O) groups excluding carboxylic acids is 1. The van der Waals surface area contributed by atoms with Crippen LogP contribution >= 0.6 is 0 Å². The van der Waals surface area contributed by atoms with E-state index in [9.17, 15) is 13.6 Å². The Balaban J connectivity index is 1.52. The lowest BCUT2D eigenvalue weighted by Gasteiger charge is -2.29. The number of anilines is 1. The highest BCUT2D eigenvalue weighted by Crippen LogP contribution is 2.26. The third-order valence-corrected chi connectivity index (χ3v) is 5.66. The molecular weight excluding hydrogens is 388 g/mol. The molecule has 0 aromatic heterocycles. The van der Waals surface area contributed by atoms with Gasteiger partial charge in [0.15, 0.2) is 0 Å². The quantitative estimate of drug-likeness (QED) is 0.658. The normalized spacial score (nSPS) is 18.0. The van der Waals surface area contributed by atoms with Crippen molar-refractivity contribution in [3.05, 3.63) is 60.2 Å². The minimum atomic E-state index is -2.86. The van der Waals surface area contributed by atoms with E-state index in [2.05, 4.69) is 58.0 Å². The number of ether oxygens (including phenoxy) is 1. The van der Waals surface area contributed by atoms with Crippen molar-refractivity contribution in [2.75, 3.05) is 31.5 Å². The Morgan fingerprint density at radius 3 is 2.53 bits per heavy atom. The lowest BCUT2D eigenvalue weighted by molar-refractivity contribution is -0.117. The lowest BCUT2D eigenvalue weighted by Crippen LogP contribution is -2.42. The number of benzene rings is 2. The molecule has 5 nitrogen and oxygen atoms in total. The van der Waals surface area contributed by atoms with Crippen LogP contribution in [0.15, 0.2) is 54.6 Å². The molecule has 2 aromatic rings. The van der Waals surface area contributed by atoms with Gasteiger partial charge in [-0.25, -0.2) is 0 Å². The van der Waals surface area contributed by atoms with Crippen molar-refractivity contribution in [3.8, 4) is 5.75 Å². The molecule has 0 radical (unpaired) electrons. The largest absolute Gasteiger partial charge is 0.435 e. The van der Waals surface area contributed by atoms with Crippen LogP contribution in [-0.4, -0.2) is 54.5 Å². The van der Waals surface area contributed by atoms with E-state index in [-0.39, 0.29) is 11.7 Å². The van der Waals surface area contributed by atoms with Crippen LogP contribution in [0.5, 0.6) is 5.75 Å². The van der Waals surface area contributed by atoms with Gasteiger partial charge in [0.2, 0.25) is 5.91 Å². The maximum Gasteiger partial charge on any atom is 0.387 e. The summed E-state index contributed by atoms with van der Waals surface area (Å²) in [5.41, 5.74) is 1.86. The van der Waals surface area contributed by atoms with Crippen molar-refractivity contribution in [1.82, 2.24) is 9.80 Å². The van der Waals surface area contributed by atoms with Crippen molar-refractivity contribution in [2.45, 2.75) is 39.0 Å². The number of likely N-dealkylation sites (tertiary alicyclic amines) is 1. The number of hydrogen-bond donors (Lipinski definition) is 1. The van der Waals surface area contributed by atoms with Crippen LogP contribution in [0, 0.1) is 0 Å². The number of alkyl halides is 2. The predicted octanol–water partition coefficient (Wildman–Crippen LogP) is 4.38. The molecular formula is C23H29F2N3O2. The standard InChI is InChI=1S/C23H29F2N3O2/c1-3-27(16-22(29)26-19-9-11-21(12-10-19)30-23(24)25)20-13-14-28(15-20)17(2)18-7-5-4-6-8-18/h4-12,17,20,23H,3,13-16H2,1-2H3,(H,26,29)/t17-,20+/m1/s1. The van der Waals surface area contributed by atoms with Gasteiger partial charge in [-0.1, -0.05) is 37.3 Å². The highest BCUT2D eigenvalue weighted by atomic mass is 19.3. The van der Waals surface area contributed by atoms with Gasteiger partial charge in [0.1, 0.15) is 5.75 Å². The van der Waals surface area contributed by atoms with E-state index >= 15 is 0 Å². The second-order valence-corrected chi connectivity index (χ2v) is 7.54. The number of nitrogens with one attached hydrogen (secondary N) is 1. The van der Waals surface area contributed by atoms with E-state index in [4.69, 9.17) is 0 Å². The van der Waals surface area contributed by atoms with Crippen LogP contribution in [0.25, 0.3) is 0 Å². The first-order valence-corrected chi connectivity index (χ1v) is 10.3. The molecule has 1 aliphatic heterocycles. The minimum absolute atomic E-state index is 0.0665. The summed E-state index contributed by atoms with van der Waals surface area (Å²) in [6, 6.07) is 17.1. The molecule has 1 amide bonds. The van der Waals surface area contributed by atoms with Gasteiger partial charge in [-0.3, -0.25) is 14.6 Å². The molecule has 1 fully saturated rings. The first kappa shape index (κ1) is 22.2. The third kappa shape index (κ3) is 6.00. The maximum atomic E-state index is 12.5. The molecule has 0 aliphatic carbocycles. The average molecular weight is 418 g/mol. The zero-order valence-electron chi connectivity index (χ0n) is 17.4. The monoisotopic (exact) mass is 417 g/mol. The highest BCUT2D eigenvalue weighted by molar-refractivity contribution is 5.92. The molecule has 0 spiro atoms. The smallest absolute Gasteiger partial charge is 0.387 e. The number of nitrogens with zero attached hydrogens (tertiary/aromatic N) is 2. The van der Waals surface area contributed by atoms with Gasteiger partial charge in [-0.15, -0.1) is 0 Å². The Hall–Kier alpha value is -2.51. The summed E-state index contributed by atoms with van der Waals surface area (Å²) in [7, 11) is 0. The van der Waals surface area contributed by atoms with Gasteiger partial charge in [-0.2, -0.15) is 8.78 Å². The van der Waals surface area contributed by atoms with E-state index in [0.29, 0.717) is 24.3 Å². The zero-order chi connectivity index (χ0) is 21.5. The maximum absolute atomic E-state index is 12.5.